The Labute approximate surface area is 90.2 Å². The van der Waals surface area contributed by atoms with Crippen LogP contribution in [-0.4, -0.2) is 19.1 Å². The van der Waals surface area contributed by atoms with Gasteiger partial charge < -0.3 is 4.57 Å². The second-order valence-corrected chi connectivity index (χ2v) is 4.47. The molecular formula is C10H14N4O. The van der Waals surface area contributed by atoms with E-state index in [1.54, 1.807) is 7.05 Å². The van der Waals surface area contributed by atoms with Crippen molar-refractivity contribution in [2.75, 3.05) is 0 Å². The lowest BCUT2D eigenvalue weighted by Gasteiger charge is -2.21. The van der Waals surface area contributed by atoms with Gasteiger partial charge in [0.15, 0.2) is 11.2 Å². The molecule has 15 heavy (non-hydrogen) atoms. The third-order valence-corrected chi connectivity index (χ3v) is 2.19. The zero-order valence-electron chi connectivity index (χ0n) is 11.2. The van der Waals surface area contributed by atoms with Gasteiger partial charge in [0.2, 0.25) is 0 Å². The largest absolute Gasteiger partial charge is 0.328 e. The van der Waals surface area contributed by atoms with Crippen molar-refractivity contribution in [1.82, 2.24) is 19.1 Å². The number of fused-ring (bicyclic) bond motifs is 1. The van der Waals surface area contributed by atoms with E-state index in [-0.39, 0.29) is 29.3 Å². The number of aryl methyl sites for hydroxylation is 1. The second-order valence-electron chi connectivity index (χ2n) is 4.47. The van der Waals surface area contributed by atoms with E-state index < -0.39 is 5.54 Å². The second kappa shape index (κ2) is 2.92. The van der Waals surface area contributed by atoms with Gasteiger partial charge in [-0.25, -0.2) is 9.97 Å². The Bertz CT molecular complexity index is 651. The molecule has 0 fully saturated rings. The zero-order chi connectivity index (χ0) is 13.0. The summed E-state index contributed by atoms with van der Waals surface area (Å²) in [6.07, 6.45) is -0.163. The molecule has 0 N–H and O–H groups in total. The highest BCUT2D eigenvalue weighted by Crippen LogP contribution is 2.11. The summed E-state index contributed by atoms with van der Waals surface area (Å²) in [5.74, 6) is 0. The highest BCUT2D eigenvalue weighted by molar-refractivity contribution is 5.68. The molecule has 80 valence electrons. The van der Waals surface area contributed by atoms with Crippen molar-refractivity contribution in [1.29, 1.82) is 0 Å². The van der Waals surface area contributed by atoms with Gasteiger partial charge in [-0.15, -0.1) is 0 Å². The molecule has 2 heterocycles. The zero-order valence-corrected chi connectivity index (χ0v) is 9.20. The third-order valence-electron chi connectivity index (χ3n) is 2.19. The molecule has 0 amide bonds. The van der Waals surface area contributed by atoms with Gasteiger partial charge in [0, 0.05) is 12.6 Å². The van der Waals surface area contributed by atoms with Crippen molar-refractivity contribution in [3.8, 4) is 0 Å². The summed E-state index contributed by atoms with van der Waals surface area (Å²) in [5.41, 5.74) is -0.433. The van der Waals surface area contributed by atoms with Crippen LogP contribution in [-0.2, 0) is 12.6 Å². The maximum atomic E-state index is 12.3. The molecule has 0 spiro atoms. The maximum absolute atomic E-state index is 12.3. The number of rotatable bonds is 0. The summed E-state index contributed by atoms with van der Waals surface area (Å²) in [4.78, 5) is 20.1. The standard InChI is InChI=1S/C10H14N4O/c1-10(2,3)14-6-12-8-7(9(14)15)13(4)5-11-8/h5-6H,1-4H3/i5D,6D. The van der Waals surface area contributed by atoms with Crippen LogP contribution in [0.1, 0.15) is 23.5 Å². The molecule has 2 aromatic rings. The number of hydrogen-bond acceptors (Lipinski definition) is 3. The first-order valence-electron chi connectivity index (χ1n) is 5.66. The van der Waals surface area contributed by atoms with E-state index >= 15 is 0 Å². The molecule has 2 aromatic heterocycles. The van der Waals surface area contributed by atoms with E-state index in [4.69, 9.17) is 2.74 Å². The van der Waals surface area contributed by atoms with Crippen LogP contribution in [0.4, 0.5) is 0 Å². The fourth-order valence-electron chi connectivity index (χ4n) is 1.40. The molecule has 0 radical (unpaired) electrons. The molecule has 0 aliphatic carbocycles. The minimum atomic E-state index is -0.526. The molecule has 5 heteroatoms. The fourth-order valence-corrected chi connectivity index (χ4v) is 1.40. The maximum Gasteiger partial charge on any atom is 0.280 e. The quantitative estimate of drug-likeness (QED) is 0.646. The molecule has 5 nitrogen and oxygen atoms in total. The van der Waals surface area contributed by atoms with Crippen LogP contribution in [0.3, 0.4) is 0 Å². The Balaban J connectivity index is 2.99. The average Bonchev–Trinajstić information content (AvgIpc) is 2.39. The summed E-state index contributed by atoms with van der Waals surface area (Å²) < 4.78 is 18.0. The molecule has 0 bridgehead atoms. The van der Waals surface area contributed by atoms with Gasteiger partial charge in [-0.05, 0) is 20.8 Å². The molecule has 0 saturated heterocycles. The summed E-state index contributed by atoms with van der Waals surface area (Å²) in [7, 11) is 1.59. The topological polar surface area (TPSA) is 52.7 Å². The van der Waals surface area contributed by atoms with Crippen LogP contribution in [0.25, 0.3) is 11.2 Å². The van der Waals surface area contributed by atoms with E-state index in [1.807, 2.05) is 20.8 Å². The van der Waals surface area contributed by atoms with Crippen molar-refractivity contribution < 1.29 is 2.74 Å². The smallest absolute Gasteiger partial charge is 0.280 e. The van der Waals surface area contributed by atoms with Gasteiger partial charge in [-0.3, -0.25) is 9.36 Å². The first-order valence-corrected chi connectivity index (χ1v) is 4.66. The van der Waals surface area contributed by atoms with Crippen LogP contribution in [0, 0.1) is 0 Å². The van der Waals surface area contributed by atoms with Gasteiger partial charge >= 0.3 is 0 Å². The Hall–Kier alpha value is -1.65. The average molecular weight is 208 g/mol. The number of nitrogens with zero attached hydrogens (tertiary/aromatic N) is 4. The number of hydrogen-bond donors (Lipinski definition) is 0. The highest BCUT2D eigenvalue weighted by atomic mass is 16.1. The minimum Gasteiger partial charge on any atom is -0.328 e. The van der Waals surface area contributed by atoms with E-state index in [1.165, 1.54) is 9.13 Å². The van der Waals surface area contributed by atoms with Crippen LogP contribution in [0.2, 0.25) is 0 Å². The van der Waals surface area contributed by atoms with Crippen LogP contribution in [0.15, 0.2) is 17.4 Å². The van der Waals surface area contributed by atoms with Gasteiger partial charge in [-0.2, -0.15) is 0 Å². The van der Waals surface area contributed by atoms with Crippen molar-refractivity contribution in [2.24, 2.45) is 7.05 Å². The monoisotopic (exact) mass is 208 g/mol. The molecule has 0 unspecified atom stereocenters. The molecule has 0 aliphatic rings. The van der Waals surface area contributed by atoms with Crippen LogP contribution < -0.4 is 5.56 Å². The lowest BCUT2D eigenvalue weighted by Crippen LogP contribution is -2.34. The summed E-state index contributed by atoms with van der Waals surface area (Å²) in [6.45, 7) is 5.49. The van der Waals surface area contributed by atoms with Crippen molar-refractivity contribution in [2.45, 2.75) is 26.3 Å². The minimum absolute atomic E-state index is 0.0318. The summed E-state index contributed by atoms with van der Waals surface area (Å²) >= 11 is 0. The molecular weight excluding hydrogens is 192 g/mol. The van der Waals surface area contributed by atoms with E-state index in [9.17, 15) is 4.79 Å². The summed E-state index contributed by atoms with van der Waals surface area (Å²) in [6, 6.07) is 0. The van der Waals surface area contributed by atoms with Crippen LogP contribution >= 0.6 is 0 Å². The van der Waals surface area contributed by atoms with Gasteiger partial charge in [-0.1, -0.05) is 0 Å². The van der Waals surface area contributed by atoms with E-state index in [0.717, 1.165) is 0 Å². The first-order chi connectivity index (χ1) is 7.73. The van der Waals surface area contributed by atoms with Crippen molar-refractivity contribution in [3.05, 3.63) is 23.0 Å². The van der Waals surface area contributed by atoms with Crippen LogP contribution in [0.5, 0.6) is 0 Å². The molecule has 0 aliphatic heterocycles. The SMILES string of the molecule is [2H]c1nc2nc([2H])n(C)c2c(=O)n1C(C)(C)C. The lowest BCUT2D eigenvalue weighted by atomic mass is 10.1. The van der Waals surface area contributed by atoms with E-state index in [2.05, 4.69) is 9.97 Å². The predicted molar refractivity (Wildman–Crippen MR) is 57.8 cm³/mol. The predicted octanol–water partition coefficient (Wildman–Crippen LogP) is 0.885. The lowest BCUT2D eigenvalue weighted by molar-refractivity contribution is 0.381. The molecule has 0 atom stereocenters. The van der Waals surface area contributed by atoms with Gasteiger partial charge in [0.1, 0.15) is 9.04 Å². The Morgan fingerprint density at radius 3 is 2.53 bits per heavy atom. The van der Waals surface area contributed by atoms with E-state index in [0.29, 0.717) is 0 Å². The van der Waals surface area contributed by atoms with Crippen molar-refractivity contribution >= 4 is 11.2 Å². The van der Waals surface area contributed by atoms with Crippen molar-refractivity contribution in [3.63, 3.8) is 0 Å². The third kappa shape index (κ3) is 1.44. The Morgan fingerprint density at radius 2 is 1.93 bits per heavy atom. The number of imidazole rings is 1. The Kier molecular flexibility index (Phi) is 1.48. The highest BCUT2D eigenvalue weighted by Gasteiger charge is 2.17. The normalized spacial score (nSPS) is 14.1. The first kappa shape index (κ1) is 7.62. The van der Waals surface area contributed by atoms with Gasteiger partial charge in [0.25, 0.3) is 5.56 Å². The number of aromatic nitrogens is 4. The molecule has 0 aromatic carbocycles. The Morgan fingerprint density at radius 1 is 1.33 bits per heavy atom. The molecule has 0 saturated carbocycles. The molecule has 2 rings (SSSR count). The van der Waals surface area contributed by atoms with Gasteiger partial charge in [0.05, 0.1) is 6.30 Å². The fraction of sp³-hybridized carbons (Fsp3) is 0.500. The summed E-state index contributed by atoms with van der Waals surface area (Å²) in [5, 5.41) is 0.